The lowest BCUT2D eigenvalue weighted by molar-refractivity contribution is -0.286. The van der Waals surface area contributed by atoms with Crippen LogP contribution in [0.1, 0.15) is 200 Å². The number of ether oxygens (including phenoxy) is 3. The number of unbranched alkanes of at least 4 members (excludes halogenated alkanes) is 25. The Morgan fingerprint density at radius 2 is 0.842 bits per heavy atom. The second-order valence-corrected chi connectivity index (χ2v) is 12.2. The largest absolute Gasteiger partial charge is 0.352 e. The smallest absolute Gasteiger partial charge is 0.162 e. The third-order valence-corrected chi connectivity index (χ3v) is 8.31. The lowest BCUT2D eigenvalue weighted by Crippen LogP contribution is -2.34. The maximum absolute atomic E-state index is 6.07. The topological polar surface area (TPSA) is 27.7 Å². The zero-order valence-corrected chi connectivity index (χ0v) is 26.3. The van der Waals surface area contributed by atoms with Crippen molar-refractivity contribution in [3.63, 3.8) is 0 Å². The maximum Gasteiger partial charge on any atom is 0.162 e. The highest BCUT2D eigenvalue weighted by Gasteiger charge is 2.22. The van der Waals surface area contributed by atoms with E-state index in [4.69, 9.17) is 14.2 Å². The quantitative estimate of drug-likeness (QED) is 0.0851. The minimum atomic E-state index is -0.0438. The van der Waals surface area contributed by atoms with Crippen LogP contribution in [0.4, 0.5) is 0 Å². The summed E-state index contributed by atoms with van der Waals surface area (Å²) in [5.41, 5.74) is 0. The van der Waals surface area contributed by atoms with Gasteiger partial charge in [-0.2, -0.15) is 0 Å². The molecule has 3 heteroatoms. The van der Waals surface area contributed by atoms with Crippen molar-refractivity contribution >= 4 is 0 Å². The molecule has 2 unspecified atom stereocenters. The standard InChI is InChI=1S/C35H70O3/c1-3-5-7-9-11-13-15-17-19-21-23-25-27-29-32-36-35-31-33-37-34(38-35)30-28-26-24-22-20-18-16-14-12-10-8-6-4-2/h34-35H,3-33H2,1-2H3. The van der Waals surface area contributed by atoms with E-state index in [9.17, 15) is 0 Å². The molecule has 0 aromatic carbocycles. The van der Waals surface area contributed by atoms with E-state index in [0.717, 1.165) is 26.1 Å². The van der Waals surface area contributed by atoms with Crippen LogP contribution in [0.3, 0.4) is 0 Å². The molecule has 1 aliphatic rings. The Labute approximate surface area is 239 Å². The van der Waals surface area contributed by atoms with Crippen molar-refractivity contribution in [1.29, 1.82) is 0 Å². The first kappa shape index (κ1) is 35.9. The molecule has 0 amide bonds. The van der Waals surface area contributed by atoms with Crippen LogP contribution < -0.4 is 0 Å². The van der Waals surface area contributed by atoms with E-state index in [2.05, 4.69) is 13.8 Å². The summed E-state index contributed by atoms with van der Waals surface area (Å²) in [5, 5.41) is 0. The van der Waals surface area contributed by atoms with Gasteiger partial charge in [0, 0.05) is 13.0 Å². The molecule has 0 aliphatic carbocycles. The summed E-state index contributed by atoms with van der Waals surface area (Å²) < 4.78 is 17.9. The fraction of sp³-hybridized carbons (Fsp3) is 1.00. The number of hydrogen-bond acceptors (Lipinski definition) is 3. The summed E-state index contributed by atoms with van der Waals surface area (Å²) in [5.74, 6) is 0. The highest BCUT2D eigenvalue weighted by Crippen LogP contribution is 2.20. The molecule has 1 heterocycles. The Hall–Kier alpha value is -0.120. The summed E-state index contributed by atoms with van der Waals surface area (Å²) in [6.07, 6.45) is 39.5. The molecule has 1 rings (SSSR count). The lowest BCUT2D eigenvalue weighted by atomic mass is 10.0. The molecule has 0 aromatic heterocycles. The second kappa shape index (κ2) is 29.9. The summed E-state index contributed by atoms with van der Waals surface area (Å²) in [6.45, 7) is 6.22. The molecule has 3 nitrogen and oxygen atoms in total. The SMILES string of the molecule is CCCCCCCCCCCCCCCCOC1CCOC(CCCCCCCCCCCCCCC)O1. The molecule has 0 saturated carbocycles. The fourth-order valence-electron chi connectivity index (χ4n) is 5.69. The van der Waals surface area contributed by atoms with Gasteiger partial charge in [0.2, 0.25) is 0 Å². The second-order valence-electron chi connectivity index (χ2n) is 12.2. The average Bonchev–Trinajstić information content (AvgIpc) is 2.93. The molecule has 1 fully saturated rings. The molecule has 228 valence electrons. The van der Waals surface area contributed by atoms with Crippen molar-refractivity contribution < 1.29 is 14.2 Å². The molecule has 2 atom stereocenters. The van der Waals surface area contributed by atoms with Crippen LogP contribution in [-0.2, 0) is 14.2 Å². The van der Waals surface area contributed by atoms with E-state index < -0.39 is 0 Å². The molecule has 38 heavy (non-hydrogen) atoms. The molecule has 1 saturated heterocycles. The molecular formula is C35H70O3. The van der Waals surface area contributed by atoms with E-state index in [1.165, 1.54) is 173 Å². The minimum Gasteiger partial charge on any atom is -0.352 e. The van der Waals surface area contributed by atoms with Crippen LogP contribution in [0.5, 0.6) is 0 Å². The first-order chi connectivity index (χ1) is 18.9. The zero-order chi connectivity index (χ0) is 27.2. The Kier molecular flexibility index (Phi) is 28.2. The van der Waals surface area contributed by atoms with Crippen molar-refractivity contribution in [3.8, 4) is 0 Å². The summed E-state index contributed by atoms with van der Waals surface area (Å²) in [7, 11) is 0. The molecular weight excluding hydrogens is 468 g/mol. The summed E-state index contributed by atoms with van der Waals surface area (Å²) in [6, 6.07) is 0. The van der Waals surface area contributed by atoms with Gasteiger partial charge in [0.1, 0.15) is 0 Å². The van der Waals surface area contributed by atoms with Gasteiger partial charge in [0.15, 0.2) is 12.6 Å². The van der Waals surface area contributed by atoms with Gasteiger partial charge in [-0.25, -0.2) is 0 Å². The highest BCUT2D eigenvalue weighted by atomic mass is 16.8. The molecule has 0 radical (unpaired) electrons. The van der Waals surface area contributed by atoms with Crippen LogP contribution in [0, 0.1) is 0 Å². The normalized spacial score (nSPS) is 17.8. The van der Waals surface area contributed by atoms with Gasteiger partial charge in [0.25, 0.3) is 0 Å². The van der Waals surface area contributed by atoms with E-state index in [1.54, 1.807) is 0 Å². The zero-order valence-electron chi connectivity index (χ0n) is 26.3. The van der Waals surface area contributed by atoms with Crippen molar-refractivity contribution in [1.82, 2.24) is 0 Å². The van der Waals surface area contributed by atoms with E-state index >= 15 is 0 Å². The van der Waals surface area contributed by atoms with E-state index in [-0.39, 0.29) is 12.6 Å². The van der Waals surface area contributed by atoms with Gasteiger partial charge in [-0.3, -0.25) is 0 Å². The van der Waals surface area contributed by atoms with Crippen molar-refractivity contribution in [3.05, 3.63) is 0 Å². The minimum absolute atomic E-state index is 0.0437. The Morgan fingerprint density at radius 1 is 0.474 bits per heavy atom. The monoisotopic (exact) mass is 539 g/mol. The molecule has 0 aromatic rings. The third-order valence-electron chi connectivity index (χ3n) is 8.31. The summed E-state index contributed by atoms with van der Waals surface area (Å²) >= 11 is 0. The summed E-state index contributed by atoms with van der Waals surface area (Å²) in [4.78, 5) is 0. The van der Waals surface area contributed by atoms with Crippen molar-refractivity contribution in [2.75, 3.05) is 13.2 Å². The molecule has 0 bridgehead atoms. The van der Waals surface area contributed by atoms with Crippen LogP contribution in [-0.4, -0.2) is 25.8 Å². The van der Waals surface area contributed by atoms with Gasteiger partial charge >= 0.3 is 0 Å². The lowest BCUT2D eigenvalue weighted by Gasteiger charge is -2.30. The first-order valence-corrected chi connectivity index (χ1v) is 17.8. The highest BCUT2D eigenvalue weighted by molar-refractivity contribution is 4.58. The fourth-order valence-corrected chi connectivity index (χ4v) is 5.69. The third kappa shape index (κ3) is 24.9. The van der Waals surface area contributed by atoms with Gasteiger partial charge in [-0.1, -0.05) is 174 Å². The van der Waals surface area contributed by atoms with Crippen LogP contribution in [0.15, 0.2) is 0 Å². The van der Waals surface area contributed by atoms with Crippen molar-refractivity contribution in [2.45, 2.75) is 213 Å². The molecule has 0 N–H and O–H groups in total. The molecule has 1 aliphatic heterocycles. The van der Waals surface area contributed by atoms with Gasteiger partial charge in [-0.05, 0) is 19.3 Å². The Balaban J connectivity index is 1.80. The molecule has 0 spiro atoms. The van der Waals surface area contributed by atoms with Gasteiger partial charge in [-0.15, -0.1) is 0 Å². The van der Waals surface area contributed by atoms with Gasteiger partial charge in [0.05, 0.1) is 6.61 Å². The van der Waals surface area contributed by atoms with Crippen LogP contribution in [0.2, 0.25) is 0 Å². The maximum atomic E-state index is 6.07. The Morgan fingerprint density at radius 3 is 1.26 bits per heavy atom. The van der Waals surface area contributed by atoms with Crippen molar-refractivity contribution in [2.24, 2.45) is 0 Å². The first-order valence-electron chi connectivity index (χ1n) is 17.8. The predicted octanol–water partition coefficient (Wildman–Crippen LogP) is 12.1. The predicted molar refractivity (Wildman–Crippen MR) is 166 cm³/mol. The average molecular weight is 539 g/mol. The van der Waals surface area contributed by atoms with Crippen LogP contribution in [0.25, 0.3) is 0 Å². The van der Waals surface area contributed by atoms with E-state index in [0.29, 0.717) is 0 Å². The van der Waals surface area contributed by atoms with Gasteiger partial charge < -0.3 is 14.2 Å². The number of rotatable bonds is 30. The Bertz CT molecular complexity index is 441. The van der Waals surface area contributed by atoms with E-state index in [1.807, 2.05) is 0 Å². The van der Waals surface area contributed by atoms with Crippen LogP contribution >= 0.6 is 0 Å². The number of hydrogen-bond donors (Lipinski definition) is 0.